The average Bonchev–Trinajstić information content (AvgIpc) is 2.42. The minimum absolute atomic E-state index is 0.429. The van der Waals surface area contributed by atoms with Gasteiger partial charge >= 0.3 is 7.52 Å². The van der Waals surface area contributed by atoms with Gasteiger partial charge in [0.05, 0.1) is 6.61 Å². The van der Waals surface area contributed by atoms with E-state index >= 15 is 0 Å². The fourth-order valence-corrected chi connectivity index (χ4v) is 3.61. The molecule has 0 saturated heterocycles. The molecule has 5 heteroatoms. The summed E-state index contributed by atoms with van der Waals surface area (Å²) in [4.78, 5) is 0. The van der Waals surface area contributed by atoms with E-state index in [-0.39, 0.29) is 0 Å². The molecule has 0 spiro atoms. The molecule has 19 heavy (non-hydrogen) atoms. The molecule has 0 N–H and O–H groups in total. The summed E-state index contributed by atoms with van der Waals surface area (Å²) in [5, 5.41) is 9.17. The predicted molar refractivity (Wildman–Crippen MR) is 80.1 cm³/mol. The van der Waals surface area contributed by atoms with Gasteiger partial charge in [-0.1, -0.05) is 46.5 Å². The number of hydrogen-bond donors (Lipinski definition) is 0. The van der Waals surface area contributed by atoms with Gasteiger partial charge in [0.1, 0.15) is 0 Å². The van der Waals surface area contributed by atoms with Crippen molar-refractivity contribution in [2.45, 2.75) is 65.7 Å². The third kappa shape index (κ3) is 7.72. The molecule has 0 rings (SSSR count). The lowest BCUT2D eigenvalue weighted by atomic mass is 10.2. The SMILES string of the molecule is CCCCCCCOP(=O)(C#N)N(CCC)CCC. The van der Waals surface area contributed by atoms with Crippen LogP contribution in [0.3, 0.4) is 0 Å². The maximum absolute atomic E-state index is 12.5. The van der Waals surface area contributed by atoms with Crippen LogP contribution in [0.5, 0.6) is 0 Å². The van der Waals surface area contributed by atoms with Gasteiger partial charge < -0.3 is 4.52 Å². The first-order chi connectivity index (χ1) is 9.14. The average molecular weight is 288 g/mol. The van der Waals surface area contributed by atoms with E-state index < -0.39 is 7.52 Å². The number of unbranched alkanes of at least 4 members (excludes halogenated alkanes) is 4. The molecule has 0 aromatic heterocycles. The first-order valence-electron chi connectivity index (χ1n) is 7.55. The molecule has 4 nitrogen and oxygen atoms in total. The van der Waals surface area contributed by atoms with E-state index in [1.54, 1.807) is 4.67 Å². The zero-order valence-electron chi connectivity index (χ0n) is 12.7. The Labute approximate surface area is 118 Å². The van der Waals surface area contributed by atoms with Crippen molar-refractivity contribution >= 4 is 7.52 Å². The Kier molecular flexibility index (Phi) is 11.2. The summed E-state index contributed by atoms with van der Waals surface area (Å²) in [7, 11) is -3.26. The third-order valence-electron chi connectivity index (χ3n) is 2.98. The molecule has 0 aromatic carbocycles. The standard InChI is InChI=1S/C14H29N2O2P/c1-4-7-8-9-10-13-18-19(17,14-15)16(11-5-2)12-6-3/h4-13H2,1-3H3. The van der Waals surface area contributed by atoms with E-state index in [0.717, 1.165) is 25.7 Å². The fraction of sp³-hybridized carbons (Fsp3) is 0.929. The molecule has 0 heterocycles. The van der Waals surface area contributed by atoms with Gasteiger partial charge in [-0.05, 0) is 19.3 Å². The maximum Gasteiger partial charge on any atom is 0.371 e. The number of nitriles is 1. The van der Waals surface area contributed by atoms with Crippen LogP contribution >= 0.6 is 7.52 Å². The Balaban J connectivity index is 4.19. The lowest BCUT2D eigenvalue weighted by Gasteiger charge is -2.25. The maximum atomic E-state index is 12.5. The minimum atomic E-state index is -3.26. The molecule has 1 unspecified atom stereocenters. The van der Waals surface area contributed by atoms with Crippen LogP contribution in [0, 0.1) is 11.1 Å². The molecular weight excluding hydrogens is 259 g/mol. The highest BCUT2D eigenvalue weighted by molar-refractivity contribution is 7.61. The summed E-state index contributed by atoms with van der Waals surface area (Å²) in [5.41, 5.74) is 0. The first kappa shape index (κ1) is 18.6. The molecule has 0 aliphatic heterocycles. The van der Waals surface area contributed by atoms with Crippen LogP contribution in [0.4, 0.5) is 0 Å². The molecule has 0 fully saturated rings. The van der Waals surface area contributed by atoms with Crippen LogP contribution in [0.25, 0.3) is 0 Å². The quantitative estimate of drug-likeness (QED) is 0.383. The Hall–Kier alpha value is -0.360. The molecular formula is C14H29N2O2P. The summed E-state index contributed by atoms with van der Waals surface area (Å²) in [5.74, 6) is 1.91. The Bertz CT molecular complexity index is 296. The molecule has 0 aliphatic carbocycles. The smallest absolute Gasteiger partial charge is 0.307 e. The van der Waals surface area contributed by atoms with Crippen LogP contribution in [0.2, 0.25) is 0 Å². The molecule has 0 aromatic rings. The molecule has 0 bridgehead atoms. The van der Waals surface area contributed by atoms with Gasteiger partial charge in [0.25, 0.3) is 0 Å². The first-order valence-corrected chi connectivity index (χ1v) is 9.13. The van der Waals surface area contributed by atoms with Crippen molar-refractivity contribution in [3.05, 3.63) is 0 Å². The van der Waals surface area contributed by atoms with Crippen LogP contribution in [-0.4, -0.2) is 24.4 Å². The second-order valence-electron chi connectivity index (χ2n) is 4.82. The van der Waals surface area contributed by atoms with Gasteiger partial charge in [-0.15, -0.1) is 0 Å². The second-order valence-corrected chi connectivity index (χ2v) is 6.89. The van der Waals surface area contributed by atoms with Gasteiger partial charge in [-0.3, -0.25) is 4.57 Å². The van der Waals surface area contributed by atoms with Crippen molar-refractivity contribution in [2.24, 2.45) is 0 Å². The van der Waals surface area contributed by atoms with Crippen molar-refractivity contribution in [2.75, 3.05) is 19.7 Å². The highest BCUT2D eigenvalue weighted by atomic mass is 31.2. The van der Waals surface area contributed by atoms with Crippen LogP contribution in [0.1, 0.15) is 65.7 Å². The Morgan fingerprint density at radius 1 is 1.00 bits per heavy atom. The number of rotatable bonds is 12. The minimum Gasteiger partial charge on any atom is -0.307 e. The zero-order chi connectivity index (χ0) is 14.6. The zero-order valence-corrected chi connectivity index (χ0v) is 13.6. The topological polar surface area (TPSA) is 53.3 Å². The van der Waals surface area contributed by atoms with Gasteiger partial charge in [-0.2, -0.15) is 5.26 Å². The van der Waals surface area contributed by atoms with Crippen molar-refractivity contribution in [1.29, 1.82) is 5.26 Å². The van der Waals surface area contributed by atoms with Gasteiger partial charge in [0.2, 0.25) is 0 Å². The molecule has 0 radical (unpaired) electrons. The lowest BCUT2D eigenvalue weighted by Crippen LogP contribution is -2.23. The van der Waals surface area contributed by atoms with E-state index in [0.29, 0.717) is 19.7 Å². The molecule has 112 valence electrons. The summed E-state index contributed by atoms with van der Waals surface area (Å²) >= 11 is 0. The molecule has 0 saturated carbocycles. The van der Waals surface area contributed by atoms with Crippen LogP contribution < -0.4 is 0 Å². The summed E-state index contributed by atoms with van der Waals surface area (Å²) in [6.45, 7) is 7.97. The van der Waals surface area contributed by atoms with E-state index in [2.05, 4.69) is 6.92 Å². The fourth-order valence-electron chi connectivity index (χ4n) is 1.96. The summed E-state index contributed by atoms with van der Waals surface area (Å²) in [6, 6.07) is 0. The Morgan fingerprint density at radius 3 is 2.05 bits per heavy atom. The monoisotopic (exact) mass is 288 g/mol. The van der Waals surface area contributed by atoms with E-state index in [1.165, 1.54) is 19.3 Å². The molecule has 0 amide bonds. The number of nitrogens with zero attached hydrogens (tertiary/aromatic N) is 2. The van der Waals surface area contributed by atoms with Crippen molar-refractivity contribution in [3.63, 3.8) is 0 Å². The van der Waals surface area contributed by atoms with E-state index in [1.807, 2.05) is 19.7 Å². The van der Waals surface area contributed by atoms with Crippen molar-refractivity contribution in [3.8, 4) is 5.81 Å². The van der Waals surface area contributed by atoms with E-state index in [4.69, 9.17) is 9.79 Å². The summed E-state index contributed by atoms with van der Waals surface area (Å²) in [6.07, 6.45) is 7.35. The van der Waals surface area contributed by atoms with Gasteiger partial charge in [0.15, 0.2) is 5.81 Å². The largest absolute Gasteiger partial charge is 0.371 e. The predicted octanol–water partition coefficient (Wildman–Crippen LogP) is 4.77. The van der Waals surface area contributed by atoms with Gasteiger partial charge in [-0.25, -0.2) is 4.67 Å². The lowest BCUT2D eigenvalue weighted by molar-refractivity contribution is 0.259. The highest BCUT2D eigenvalue weighted by Crippen LogP contribution is 2.49. The number of hydrogen-bond acceptors (Lipinski definition) is 3. The molecule has 1 atom stereocenters. The Morgan fingerprint density at radius 2 is 1.58 bits per heavy atom. The normalized spacial score (nSPS) is 14.3. The highest BCUT2D eigenvalue weighted by Gasteiger charge is 2.30. The molecule has 0 aliphatic rings. The van der Waals surface area contributed by atoms with Gasteiger partial charge in [0, 0.05) is 13.1 Å². The third-order valence-corrected chi connectivity index (χ3v) is 4.91. The van der Waals surface area contributed by atoms with Crippen LogP contribution in [0.15, 0.2) is 0 Å². The van der Waals surface area contributed by atoms with E-state index in [9.17, 15) is 4.57 Å². The van der Waals surface area contributed by atoms with Crippen molar-refractivity contribution < 1.29 is 9.09 Å². The second kappa shape index (κ2) is 11.5. The van der Waals surface area contributed by atoms with Crippen LogP contribution in [-0.2, 0) is 9.09 Å². The summed E-state index contributed by atoms with van der Waals surface area (Å²) < 4.78 is 19.7. The van der Waals surface area contributed by atoms with Crippen molar-refractivity contribution in [1.82, 2.24) is 4.67 Å².